The standard InChI is InChI=1S/C13H14ClN3O/c14-6-11-5-13(18)17(9-11)8-10-1-2-12-15-3-4-16(12)7-10/h1-4,7,11H,5-6,8-9H2. The van der Waals surface area contributed by atoms with Crippen LogP contribution in [0.15, 0.2) is 30.7 Å². The van der Waals surface area contributed by atoms with Gasteiger partial charge in [0, 0.05) is 44.0 Å². The normalized spacial score (nSPS) is 19.9. The van der Waals surface area contributed by atoms with Crippen molar-refractivity contribution in [2.45, 2.75) is 13.0 Å². The van der Waals surface area contributed by atoms with Crippen molar-refractivity contribution in [1.29, 1.82) is 0 Å². The Balaban J connectivity index is 1.77. The molecule has 1 amide bonds. The van der Waals surface area contributed by atoms with Crippen LogP contribution in [0.2, 0.25) is 0 Å². The van der Waals surface area contributed by atoms with Gasteiger partial charge in [-0.25, -0.2) is 4.98 Å². The zero-order valence-electron chi connectivity index (χ0n) is 9.92. The Bertz CT molecular complexity index is 580. The molecule has 0 radical (unpaired) electrons. The first-order valence-corrected chi connectivity index (χ1v) is 6.55. The molecule has 0 bridgehead atoms. The van der Waals surface area contributed by atoms with Crippen molar-refractivity contribution in [2.24, 2.45) is 5.92 Å². The molecule has 5 heteroatoms. The Hall–Kier alpha value is -1.55. The van der Waals surface area contributed by atoms with E-state index in [-0.39, 0.29) is 5.91 Å². The Morgan fingerprint density at radius 1 is 1.44 bits per heavy atom. The molecule has 0 aromatic carbocycles. The van der Waals surface area contributed by atoms with E-state index in [1.807, 2.05) is 33.8 Å². The van der Waals surface area contributed by atoms with E-state index >= 15 is 0 Å². The van der Waals surface area contributed by atoms with Crippen LogP contribution in [0.1, 0.15) is 12.0 Å². The number of amides is 1. The van der Waals surface area contributed by atoms with Gasteiger partial charge in [-0.3, -0.25) is 4.79 Å². The summed E-state index contributed by atoms with van der Waals surface area (Å²) in [6.45, 7) is 1.42. The molecule has 0 N–H and O–H groups in total. The maximum Gasteiger partial charge on any atom is 0.223 e. The van der Waals surface area contributed by atoms with Gasteiger partial charge in [0.25, 0.3) is 0 Å². The summed E-state index contributed by atoms with van der Waals surface area (Å²) >= 11 is 5.81. The lowest BCUT2D eigenvalue weighted by Gasteiger charge is -2.16. The van der Waals surface area contributed by atoms with Crippen LogP contribution in [-0.2, 0) is 11.3 Å². The van der Waals surface area contributed by atoms with Crippen LogP contribution in [0.25, 0.3) is 5.65 Å². The highest BCUT2D eigenvalue weighted by Gasteiger charge is 2.28. The molecule has 0 aliphatic carbocycles. The average Bonchev–Trinajstić information content (AvgIpc) is 2.96. The molecule has 1 aliphatic rings. The van der Waals surface area contributed by atoms with E-state index in [1.54, 1.807) is 6.20 Å². The second kappa shape index (κ2) is 4.61. The number of likely N-dealkylation sites (tertiary alicyclic amines) is 1. The van der Waals surface area contributed by atoms with Gasteiger partial charge in [0.05, 0.1) is 0 Å². The Kier molecular flexibility index (Phi) is 2.96. The highest BCUT2D eigenvalue weighted by Crippen LogP contribution is 2.21. The number of carbonyl (C=O) groups excluding carboxylic acids is 1. The molecule has 4 nitrogen and oxygen atoms in total. The molecule has 94 valence electrons. The predicted octanol–water partition coefficient (Wildman–Crippen LogP) is 1.92. The summed E-state index contributed by atoms with van der Waals surface area (Å²) < 4.78 is 1.97. The SMILES string of the molecule is O=C1CC(CCl)CN1Cc1ccc2nccn2c1. The minimum Gasteiger partial charge on any atom is -0.338 e. The van der Waals surface area contributed by atoms with Gasteiger partial charge in [0.15, 0.2) is 0 Å². The smallest absolute Gasteiger partial charge is 0.223 e. The maximum atomic E-state index is 11.8. The fourth-order valence-corrected chi connectivity index (χ4v) is 2.60. The van der Waals surface area contributed by atoms with Gasteiger partial charge in [-0.05, 0) is 17.5 Å². The van der Waals surface area contributed by atoms with E-state index in [0.717, 1.165) is 17.8 Å². The van der Waals surface area contributed by atoms with Crippen molar-refractivity contribution in [3.63, 3.8) is 0 Å². The van der Waals surface area contributed by atoms with E-state index < -0.39 is 0 Å². The summed E-state index contributed by atoms with van der Waals surface area (Å²) in [5, 5.41) is 0. The summed E-state index contributed by atoms with van der Waals surface area (Å²) in [4.78, 5) is 17.9. The highest BCUT2D eigenvalue weighted by molar-refractivity contribution is 6.18. The quantitative estimate of drug-likeness (QED) is 0.794. The molecule has 1 aliphatic heterocycles. The van der Waals surface area contributed by atoms with Gasteiger partial charge in [-0.2, -0.15) is 0 Å². The number of halogens is 1. The zero-order valence-corrected chi connectivity index (χ0v) is 10.7. The highest BCUT2D eigenvalue weighted by atomic mass is 35.5. The van der Waals surface area contributed by atoms with Crippen molar-refractivity contribution < 1.29 is 4.79 Å². The van der Waals surface area contributed by atoms with E-state index in [2.05, 4.69) is 4.98 Å². The van der Waals surface area contributed by atoms with Gasteiger partial charge in [0.1, 0.15) is 5.65 Å². The average molecular weight is 264 g/mol. The number of rotatable bonds is 3. The molecule has 2 aromatic rings. The summed E-state index contributed by atoms with van der Waals surface area (Å²) in [6, 6.07) is 3.98. The first-order valence-electron chi connectivity index (χ1n) is 6.01. The fourth-order valence-electron chi connectivity index (χ4n) is 2.39. The molecule has 0 saturated carbocycles. The van der Waals surface area contributed by atoms with Crippen molar-refractivity contribution >= 4 is 23.2 Å². The Morgan fingerprint density at radius 3 is 3.11 bits per heavy atom. The number of alkyl halides is 1. The summed E-state index contributed by atoms with van der Waals surface area (Å²) in [5.74, 6) is 1.06. The van der Waals surface area contributed by atoms with Crippen molar-refractivity contribution in [3.8, 4) is 0 Å². The predicted molar refractivity (Wildman–Crippen MR) is 69.4 cm³/mol. The molecule has 1 atom stereocenters. The molecule has 3 rings (SSSR count). The summed E-state index contributed by atoms with van der Waals surface area (Å²) in [6.07, 6.45) is 6.27. The number of fused-ring (bicyclic) bond motifs is 1. The number of pyridine rings is 1. The van der Waals surface area contributed by atoms with Gasteiger partial charge >= 0.3 is 0 Å². The Morgan fingerprint density at radius 2 is 2.33 bits per heavy atom. The van der Waals surface area contributed by atoms with Crippen LogP contribution in [0.4, 0.5) is 0 Å². The summed E-state index contributed by atoms with van der Waals surface area (Å²) in [5.41, 5.74) is 2.04. The molecule has 0 spiro atoms. The van der Waals surface area contributed by atoms with E-state index in [0.29, 0.717) is 24.8 Å². The third kappa shape index (κ3) is 2.08. The van der Waals surface area contributed by atoms with Gasteiger partial charge < -0.3 is 9.30 Å². The second-order valence-electron chi connectivity index (χ2n) is 4.73. The molecule has 3 heterocycles. The van der Waals surface area contributed by atoms with Crippen LogP contribution in [0.5, 0.6) is 0 Å². The Labute approximate surface area is 110 Å². The zero-order chi connectivity index (χ0) is 12.5. The van der Waals surface area contributed by atoms with Crippen LogP contribution in [0, 0.1) is 5.92 Å². The summed E-state index contributed by atoms with van der Waals surface area (Å²) in [7, 11) is 0. The second-order valence-corrected chi connectivity index (χ2v) is 5.04. The van der Waals surface area contributed by atoms with E-state index in [1.165, 1.54) is 0 Å². The van der Waals surface area contributed by atoms with Crippen LogP contribution in [-0.4, -0.2) is 32.6 Å². The van der Waals surface area contributed by atoms with E-state index in [4.69, 9.17) is 11.6 Å². The first-order chi connectivity index (χ1) is 8.76. The molecule has 18 heavy (non-hydrogen) atoms. The number of imidazole rings is 1. The number of hydrogen-bond donors (Lipinski definition) is 0. The number of hydrogen-bond acceptors (Lipinski definition) is 2. The van der Waals surface area contributed by atoms with Crippen LogP contribution >= 0.6 is 11.6 Å². The van der Waals surface area contributed by atoms with Gasteiger partial charge in [0.2, 0.25) is 5.91 Å². The third-order valence-corrected chi connectivity index (χ3v) is 3.77. The number of aromatic nitrogens is 2. The van der Waals surface area contributed by atoms with Crippen LogP contribution in [0.3, 0.4) is 0 Å². The fraction of sp³-hybridized carbons (Fsp3) is 0.385. The van der Waals surface area contributed by atoms with Gasteiger partial charge in [-0.15, -0.1) is 11.6 Å². The largest absolute Gasteiger partial charge is 0.338 e. The van der Waals surface area contributed by atoms with Crippen molar-refractivity contribution in [1.82, 2.24) is 14.3 Å². The third-order valence-electron chi connectivity index (χ3n) is 3.34. The molecule has 1 fully saturated rings. The van der Waals surface area contributed by atoms with E-state index in [9.17, 15) is 4.79 Å². The lowest BCUT2D eigenvalue weighted by atomic mass is 10.1. The molecular weight excluding hydrogens is 250 g/mol. The maximum absolute atomic E-state index is 11.8. The monoisotopic (exact) mass is 263 g/mol. The minimum atomic E-state index is 0.200. The lowest BCUT2D eigenvalue weighted by molar-refractivity contribution is -0.128. The molecule has 1 saturated heterocycles. The van der Waals surface area contributed by atoms with Crippen LogP contribution < -0.4 is 0 Å². The van der Waals surface area contributed by atoms with Gasteiger partial charge in [-0.1, -0.05) is 6.07 Å². The molecule has 1 unspecified atom stereocenters. The minimum absolute atomic E-state index is 0.200. The van der Waals surface area contributed by atoms with Crippen molar-refractivity contribution in [3.05, 3.63) is 36.3 Å². The number of carbonyl (C=O) groups is 1. The molecular formula is C13H14ClN3O. The number of nitrogens with zero attached hydrogens (tertiary/aromatic N) is 3. The first kappa shape index (κ1) is 11.5. The lowest BCUT2D eigenvalue weighted by Crippen LogP contribution is -2.24. The topological polar surface area (TPSA) is 37.6 Å². The van der Waals surface area contributed by atoms with Crippen molar-refractivity contribution in [2.75, 3.05) is 12.4 Å². The molecule has 2 aromatic heterocycles.